The summed E-state index contributed by atoms with van der Waals surface area (Å²) in [5.74, 6) is -0.0726. The first-order valence-electron chi connectivity index (χ1n) is 15.2. The minimum Gasteiger partial charge on any atom is -0.495 e. The summed E-state index contributed by atoms with van der Waals surface area (Å²) >= 11 is 0. The Morgan fingerprint density at radius 2 is 1.28 bits per heavy atom. The minimum atomic E-state index is -0.895. The van der Waals surface area contributed by atoms with Gasteiger partial charge in [-0.1, -0.05) is 121 Å². The highest BCUT2D eigenvalue weighted by atomic mass is 16.5. The lowest BCUT2D eigenvalue weighted by Gasteiger charge is -2.37. The Labute approximate surface area is 268 Å². The number of aromatic nitrogens is 2. The summed E-state index contributed by atoms with van der Waals surface area (Å²) in [6.45, 7) is 3.57. The van der Waals surface area contributed by atoms with Crippen LogP contribution in [0.2, 0.25) is 0 Å². The van der Waals surface area contributed by atoms with Gasteiger partial charge < -0.3 is 9.47 Å². The van der Waals surface area contributed by atoms with E-state index in [0.717, 1.165) is 27.8 Å². The molecule has 0 N–H and O–H groups in total. The number of esters is 1. The van der Waals surface area contributed by atoms with Gasteiger partial charge >= 0.3 is 5.97 Å². The Morgan fingerprint density at radius 1 is 0.739 bits per heavy atom. The van der Waals surface area contributed by atoms with E-state index in [1.165, 1.54) is 0 Å². The summed E-state index contributed by atoms with van der Waals surface area (Å²) in [4.78, 5) is 25.0. The van der Waals surface area contributed by atoms with Gasteiger partial charge in [-0.3, -0.25) is 4.79 Å². The van der Waals surface area contributed by atoms with E-state index in [1.807, 2.05) is 102 Å². The molecule has 0 spiro atoms. The SMILES string of the molecule is CCOC(=O)c1ccc2c(c(C=Cc3ccc(C(C)=O)cc3)nn2C(c2ccccc2)(c2ccccc2)c2ccccc2)c1OC. The summed E-state index contributed by atoms with van der Waals surface area (Å²) in [5, 5.41) is 6.03. The molecule has 0 aliphatic heterocycles. The maximum atomic E-state index is 13.1. The summed E-state index contributed by atoms with van der Waals surface area (Å²) in [6, 6.07) is 42.0. The van der Waals surface area contributed by atoms with Gasteiger partial charge in [-0.15, -0.1) is 0 Å². The van der Waals surface area contributed by atoms with Crippen LogP contribution >= 0.6 is 0 Å². The average Bonchev–Trinajstić information content (AvgIpc) is 3.48. The first kappa shape index (κ1) is 30.3. The van der Waals surface area contributed by atoms with Gasteiger partial charge in [0, 0.05) is 5.56 Å². The molecule has 6 aromatic rings. The average molecular weight is 607 g/mol. The van der Waals surface area contributed by atoms with Gasteiger partial charge in [0.2, 0.25) is 0 Å². The van der Waals surface area contributed by atoms with E-state index in [9.17, 15) is 9.59 Å². The van der Waals surface area contributed by atoms with Crippen molar-refractivity contribution in [1.82, 2.24) is 9.78 Å². The van der Waals surface area contributed by atoms with E-state index in [2.05, 4.69) is 36.4 Å². The number of fused-ring (bicyclic) bond motifs is 1. The van der Waals surface area contributed by atoms with Crippen LogP contribution in [0.4, 0.5) is 0 Å². The molecule has 46 heavy (non-hydrogen) atoms. The van der Waals surface area contributed by atoms with E-state index >= 15 is 0 Å². The summed E-state index contributed by atoms with van der Waals surface area (Å²) in [5.41, 5.74) is 5.39. The van der Waals surface area contributed by atoms with Crippen molar-refractivity contribution in [3.63, 3.8) is 0 Å². The van der Waals surface area contributed by atoms with Crippen molar-refractivity contribution in [1.29, 1.82) is 0 Å². The number of Topliss-reactive ketones (excluding diaryl/α,β-unsaturated/α-hetero) is 1. The van der Waals surface area contributed by atoms with Crippen LogP contribution < -0.4 is 4.74 Å². The Bertz CT molecular complexity index is 1920. The van der Waals surface area contributed by atoms with Crippen LogP contribution in [0.5, 0.6) is 5.75 Å². The van der Waals surface area contributed by atoms with Crippen LogP contribution in [0.3, 0.4) is 0 Å². The molecule has 0 saturated heterocycles. The van der Waals surface area contributed by atoms with E-state index in [0.29, 0.717) is 28.0 Å². The molecular weight excluding hydrogens is 572 g/mol. The smallest absolute Gasteiger partial charge is 0.341 e. The third kappa shape index (κ3) is 5.39. The lowest BCUT2D eigenvalue weighted by atomic mass is 9.77. The molecule has 5 aromatic carbocycles. The predicted octanol–water partition coefficient (Wildman–Crippen LogP) is 8.43. The summed E-state index contributed by atoms with van der Waals surface area (Å²) < 4.78 is 13.4. The van der Waals surface area contributed by atoms with Crippen molar-refractivity contribution in [3.8, 4) is 5.75 Å². The highest BCUT2D eigenvalue weighted by Crippen LogP contribution is 2.45. The molecule has 0 aliphatic rings. The van der Waals surface area contributed by atoms with Crippen LogP contribution in [0.1, 0.15) is 62.5 Å². The van der Waals surface area contributed by atoms with Gasteiger partial charge in [-0.05, 0) is 54.3 Å². The molecule has 0 amide bonds. The number of rotatable bonds is 10. The topological polar surface area (TPSA) is 70.4 Å². The van der Waals surface area contributed by atoms with Crippen LogP contribution in [0.25, 0.3) is 23.1 Å². The van der Waals surface area contributed by atoms with Gasteiger partial charge in [0.05, 0.1) is 30.3 Å². The minimum absolute atomic E-state index is 0.00979. The molecule has 6 rings (SSSR count). The number of hydrogen-bond acceptors (Lipinski definition) is 5. The highest BCUT2D eigenvalue weighted by Gasteiger charge is 2.41. The molecule has 0 radical (unpaired) electrons. The van der Waals surface area contributed by atoms with E-state index in [-0.39, 0.29) is 12.4 Å². The van der Waals surface area contributed by atoms with Crippen LogP contribution in [0.15, 0.2) is 127 Å². The number of carbonyl (C=O) groups excluding carboxylic acids is 2. The fourth-order valence-corrected chi connectivity index (χ4v) is 6.07. The maximum Gasteiger partial charge on any atom is 0.341 e. The quantitative estimate of drug-likeness (QED) is 0.0889. The number of nitrogens with zero attached hydrogens (tertiary/aromatic N) is 2. The Hall–Kier alpha value is -5.75. The maximum absolute atomic E-state index is 13.1. The number of benzene rings is 5. The molecule has 0 saturated carbocycles. The zero-order chi connectivity index (χ0) is 32.1. The summed E-state index contributed by atoms with van der Waals surface area (Å²) in [7, 11) is 1.56. The lowest BCUT2D eigenvalue weighted by Crippen LogP contribution is -2.38. The first-order valence-corrected chi connectivity index (χ1v) is 15.2. The number of carbonyl (C=O) groups is 2. The molecule has 0 aliphatic carbocycles. The molecule has 0 unspecified atom stereocenters. The third-order valence-electron chi connectivity index (χ3n) is 8.17. The van der Waals surface area contributed by atoms with Crippen molar-refractivity contribution >= 4 is 34.8 Å². The number of hydrogen-bond donors (Lipinski definition) is 0. The zero-order valence-corrected chi connectivity index (χ0v) is 26.0. The van der Waals surface area contributed by atoms with Crippen LogP contribution in [-0.2, 0) is 10.3 Å². The molecule has 6 nitrogen and oxygen atoms in total. The molecule has 6 heteroatoms. The van der Waals surface area contributed by atoms with Crippen molar-refractivity contribution in [3.05, 3.63) is 166 Å². The van der Waals surface area contributed by atoms with Crippen molar-refractivity contribution in [2.24, 2.45) is 0 Å². The number of ether oxygens (including phenoxy) is 2. The van der Waals surface area contributed by atoms with Crippen LogP contribution in [0, 0.1) is 0 Å². The fourth-order valence-electron chi connectivity index (χ4n) is 6.07. The van der Waals surface area contributed by atoms with Gasteiger partial charge in [-0.2, -0.15) is 5.10 Å². The Kier molecular flexibility index (Phi) is 8.61. The van der Waals surface area contributed by atoms with Crippen LogP contribution in [-0.4, -0.2) is 35.2 Å². The second-order valence-corrected chi connectivity index (χ2v) is 10.9. The molecule has 0 atom stereocenters. The van der Waals surface area contributed by atoms with Crippen molar-refractivity contribution < 1.29 is 19.1 Å². The van der Waals surface area contributed by atoms with Gasteiger partial charge in [0.1, 0.15) is 16.9 Å². The predicted molar refractivity (Wildman–Crippen MR) is 182 cm³/mol. The number of ketones is 1. The normalized spacial score (nSPS) is 11.5. The Morgan fingerprint density at radius 3 is 1.76 bits per heavy atom. The van der Waals surface area contributed by atoms with E-state index in [4.69, 9.17) is 14.6 Å². The fraction of sp³-hybridized carbons (Fsp3) is 0.125. The second kappa shape index (κ2) is 13.1. The molecule has 1 aromatic heterocycles. The largest absolute Gasteiger partial charge is 0.495 e. The molecule has 0 bridgehead atoms. The zero-order valence-electron chi connectivity index (χ0n) is 26.0. The second-order valence-electron chi connectivity index (χ2n) is 10.9. The Balaban J connectivity index is 1.71. The van der Waals surface area contributed by atoms with E-state index < -0.39 is 11.5 Å². The third-order valence-corrected chi connectivity index (χ3v) is 8.17. The monoisotopic (exact) mass is 606 g/mol. The molecule has 228 valence electrons. The molecule has 1 heterocycles. The van der Waals surface area contributed by atoms with Gasteiger partial charge in [0.25, 0.3) is 0 Å². The van der Waals surface area contributed by atoms with Crippen molar-refractivity contribution in [2.45, 2.75) is 19.4 Å². The van der Waals surface area contributed by atoms with Gasteiger partial charge in [0.15, 0.2) is 5.78 Å². The van der Waals surface area contributed by atoms with Gasteiger partial charge in [-0.25, -0.2) is 9.48 Å². The summed E-state index contributed by atoms with van der Waals surface area (Å²) in [6.07, 6.45) is 3.87. The van der Waals surface area contributed by atoms with E-state index in [1.54, 1.807) is 27.0 Å². The lowest BCUT2D eigenvalue weighted by molar-refractivity contribution is 0.0523. The highest BCUT2D eigenvalue weighted by molar-refractivity contribution is 6.04. The molecular formula is C40H34N2O4. The standard InChI is InChI=1S/C40H34N2O4/c1-4-46-39(44)34-25-27-36-37(38(34)45-3)35(26-22-29-20-23-30(24-21-29)28(2)43)41-42(36)40(31-14-8-5-9-15-31,32-16-10-6-11-17-32)33-18-12-7-13-19-33/h5-27H,4H2,1-3H3. The first-order chi connectivity index (χ1) is 22.5. The van der Waals surface area contributed by atoms with Crippen molar-refractivity contribution in [2.75, 3.05) is 13.7 Å². The molecule has 0 fully saturated rings. The number of methoxy groups -OCH3 is 1.